The van der Waals surface area contributed by atoms with Crippen molar-refractivity contribution in [2.75, 3.05) is 18.1 Å². The standard InChI is InChI=1S/C17H23FN2OS/c18-14-6-4-13(5-7-14)17(12-2-1-3-12)20-16(21)10-15-11-22-9-8-19-15/h4-7,12,15,17,19H,1-3,8-11H2,(H,20,21). The van der Waals surface area contributed by atoms with Crippen LogP contribution in [0.3, 0.4) is 0 Å². The Morgan fingerprint density at radius 2 is 2.14 bits per heavy atom. The molecule has 1 saturated carbocycles. The zero-order valence-corrected chi connectivity index (χ0v) is 13.5. The summed E-state index contributed by atoms with van der Waals surface area (Å²) in [5.41, 5.74) is 1.02. The molecule has 2 N–H and O–H groups in total. The number of carbonyl (C=O) groups excluding carboxylic acids is 1. The highest BCUT2D eigenvalue weighted by Gasteiger charge is 2.30. The summed E-state index contributed by atoms with van der Waals surface area (Å²) >= 11 is 1.90. The maximum atomic E-state index is 13.1. The number of halogens is 1. The van der Waals surface area contributed by atoms with Gasteiger partial charge in [0.05, 0.1) is 6.04 Å². The molecule has 5 heteroatoms. The minimum atomic E-state index is -0.231. The van der Waals surface area contributed by atoms with Crippen LogP contribution in [0.4, 0.5) is 4.39 Å². The molecule has 2 aliphatic rings. The monoisotopic (exact) mass is 322 g/mol. The molecule has 22 heavy (non-hydrogen) atoms. The molecule has 1 amide bonds. The number of benzene rings is 1. The van der Waals surface area contributed by atoms with Crippen LogP contribution in [0.2, 0.25) is 0 Å². The van der Waals surface area contributed by atoms with Crippen LogP contribution < -0.4 is 10.6 Å². The van der Waals surface area contributed by atoms with Gasteiger partial charge in [0.25, 0.3) is 0 Å². The highest BCUT2D eigenvalue weighted by atomic mass is 32.2. The van der Waals surface area contributed by atoms with Crippen molar-refractivity contribution in [1.82, 2.24) is 10.6 Å². The molecule has 2 fully saturated rings. The third-order valence-corrected chi connectivity index (χ3v) is 5.73. The summed E-state index contributed by atoms with van der Waals surface area (Å²) in [6.07, 6.45) is 4.02. The number of carbonyl (C=O) groups is 1. The maximum Gasteiger partial charge on any atom is 0.222 e. The van der Waals surface area contributed by atoms with Crippen molar-refractivity contribution in [2.45, 2.75) is 37.8 Å². The summed E-state index contributed by atoms with van der Waals surface area (Å²) in [6, 6.07) is 6.85. The summed E-state index contributed by atoms with van der Waals surface area (Å²) in [5, 5.41) is 6.59. The van der Waals surface area contributed by atoms with Crippen molar-refractivity contribution in [2.24, 2.45) is 5.92 Å². The second-order valence-corrected chi connectivity index (χ2v) is 7.37. The van der Waals surface area contributed by atoms with Gasteiger partial charge in [0.2, 0.25) is 5.91 Å². The zero-order chi connectivity index (χ0) is 15.4. The summed E-state index contributed by atoms with van der Waals surface area (Å²) in [7, 11) is 0. The average molecular weight is 322 g/mol. The van der Waals surface area contributed by atoms with Crippen LogP contribution in [-0.4, -0.2) is 30.0 Å². The molecule has 1 aromatic carbocycles. The molecule has 2 unspecified atom stereocenters. The predicted octanol–water partition coefficient (Wildman–Crippen LogP) is 2.88. The third kappa shape index (κ3) is 4.02. The summed E-state index contributed by atoms with van der Waals surface area (Å²) in [5.74, 6) is 2.48. The van der Waals surface area contributed by atoms with Crippen molar-refractivity contribution < 1.29 is 9.18 Å². The fraction of sp³-hybridized carbons (Fsp3) is 0.588. The number of nitrogens with one attached hydrogen (secondary N) is 2. The number of hydrogen-bond donors (Lipinski definition) is 2. The van der Waals surface area contributed by atoms with E-state index in [9.17, 15) is 9.18 Å². The molecule has 2 atom stereocenters. The number of thioether (sulfide) groups is 1. The molecule has 1 aliphatic heterocycles. The van der Waals surface area contributed by atoms with E-state index in [0.717, 1.165) is 36.5 Å². The van der Waals surface area contributed by atoms with Crippen LogP contribution in [0.5, 0.6) is 0 Å². The molecule has 0 bridgehead atoms. The van der Waals surface area contributed by atoms with Crippen LogP contribution in [-0.2, 0) is 4.79 Å². The molecule has 1 saturated heterocycles. The summed E-state index contributed by atoms with van der Waals surface area (Å²) in [6.45, 7) is 0.979. The zero-order valence-electron chi connectivity index (χ0n) is 12.7. The van der Waals surface area contributed by atoms with Crippen LogP contribution in [0, 0.1) is 11.7 Å². The van der Waals surface area contributed by atoms with Gasteiger partial charge in [-0.2, -0.15) is 11.8 Å². The van der Waals surface area contributed by atoms with E-state index < -0.39 is 0 Å². The molecular formula is C17H23FN2OS. The molecule has 1 heterocycles. The van der Waals surface area contributed by atoms with Crippen molar-refractivity contribution in [1.29, 1.82) is 0 Å². The van der Waals surface area contributed by atoms with Crippen molar-refractivity contribution in [3.63, 3.8) is 0 Å². The van der Waals surface area contributed by atoms with E-state index in [1.807, 2.05) is 11.8 Å². The van der Waals surface area contributed by atoms with Gasteiger partial charge in [0, 0.05) is 30.5 Å². The van der Waals surface area contributed by atoms with Gasteiger partial charge >= 0.3 is 0 Å². The van der Waals surface area contributed by atoms with E-state index in [1.165, 1.54) is 18.6 Å². The molecule has 1 aromatic rings. The number of rotatable bonds is 5. The Morgan fingerprint density at radius 3 is 2.73 bits per heavy atom. The summed E-state index contributed by atoms with van der Waals surface area (Å²) < 4.78 is 13.1. The highest BCUT2D eigenvalue weighted by Crippen LogP contribution is 2.37. The first-order valence-corrected chi connectivity index (χ1v) is 9.24. The molecule has 3 rings (SSSR count). The fourth-order valence-electron chi connectivity index (χ4n) is 3.12. The van der Waals surface area contributed by atoms with E-state index in [1.54, 1.807) is 12.1 Å². The van der Waals surface area contributed by atoms with Gasteiger partial charge < -0.3 is 10.6 Å². The molecule has 0 spiro atoms. The highest BCUT2D eigenvalue weighted by molar-refractivity contribution is 7.99. The van der Waals surface area contributed by atoms with E-state index in [2.05, 4.69) is 10.6 Å². The normalized spacial score (nSPS) is 23.6. The lowest BCUT2D eigenvalue weighted by molar-refractivity contribution is -0.122. The molecule has 1 aliphatic carbocycles. The van der Waals surface area contributed by atoms with Crippen LogP contribution in [0.15, 0.2) is 24.3 Å². The van der Waals surface area contributed by atoms with Gasteiger partial charge in [-0.15, -0.1) is 0 Å². The molecule has 3 nitrogen and oxygen atoms in total. The van der Waals surface area contributed by atoms with Gasteiger partial charge in [0.15, 0.2) is 0 Å². The largest absolute Gasteiger partial charge is 0.349 e. The Balaban J connectivity index is 1.62. The quantitative estimate of drug-likeness (QED) is 0.876. The Kier molecular flexibility index (Phi) is 5.37. The second kappa shape index (κ2) is 7.47. The van der Waals surface area contributed by atoms with Gasteiger partial charge in [-0.25, -0.2) is 4.39 Å². The van der Waals surface area contributed by atoms with Crippen molar-refractivity contribution >= 4 is 17.7 Å². The Labute approximate surface area is 135 Å². The minimum absolute atomic E-state index is 0.0260. The van der Waals surface area contributed by atoms with Crippen LogP contribution in [0.1, 0.15) is 37.3 Å². The van der Waals surface area contributed by atoms with Gasteiger partial charge in [-0.3, -0.25) is 4.79 Å². The Morgan fingerprint density at radius 1 is 1.36 bits per heavy atom. The van der Waals surface area contributed by atoms with Crippen molar-refractivity contribution in [3.8, 4) is 0 Å². The lowest BCUT2D eigenvalue weighted by atomic mass is 9.77. The Bertz CT molecular complexity index is 498. The average Bonchev–Trinajstić information content (AvgIpc) is 2.46. The molecule has 120 valence electrons. The molecule has 0 radical (unpaired) electrons. The lowest BCUT2D eigenvalue weighted by Gasteiger charge is -2.35. The first-order valence-electron chi connectivity index (χ1n) is 8.08. The van der Waals surface area contributed by atoms with Gasteiger partial charge in [-0.1, -0.05) is 18.6 Å². The van der Waals surface area contributed by atoms with Crippen LogP contribution >= 0.6 is 11.8 Å². The SMILES string of the molecule is O=C(CC1CSCCN1)NC(c1ccc(F)cc1)C1CCC1. The van der Waals surface area contributed by atoms with E-state index in [-0.39, 0.29) is 23.8 Å². The van der Waals surface area contributed by atoms with E-state index >= 15 is 0 Å². The third-order valence-electron chi connectivity index (χ3n) is 4.60. The van der Waals surface area contributed by atoms with E-state index in [4.69, 9.17) is 0 Å². The predicted molar refractivity (Wildman–Crippen MR) is 88.4 cm³/mol. The smallest absolute Gasteiger partial charge is 0.222 e. The van der Waals surface area contributed by atoms with Crippen LogP contribution in [0.25, 0.3) is 0 Å². The maximum absolute atomic E-state index is 13.1. The van der Waals surface area contributed by atoms with E-state index in [0.29, 0.717) is 12.3 Å². The molecule has 0 aromatic heterocycles. The fourth-order valence-corrected chi connectivity index (χ4v) is 4.07. The number of hydrogen-bond acceptors (Lipinski definition) is 3. The lowest BCUT2D eigenvalue weighted by Crippen LogP contribution is -2.43. The Hall–Kier alpha value is -1.07. The topological polar surface area (TPSA) is 41.1 Å². The van der Waals surface area contributed by atoms with Gasteiger partial charge in [0.1, 0.15) is 5.82 Å². The first kappa shape index (κ1) is 15.8. The van der Waals surface area contributed by atoms with Crippen molar-refractivity contribution in [3.05, 3.63) is 35.6 Å². The summed E-state index contributed by atoms with van der Waals surface area (Å²) in [4.78, 5) is 12.4. The minimum Gasteiger partial charge on any atom is -0.349 e. The van der Waals surface area contributed by atoms with Gasteiger partial charge in [-0.05, 0) is 36.5 Å². The second-order valence-electron chi connectivity index (χ2n) is 6.22. The number of amides is 1. The molecular weight excluding hydrogens is 299 g/mol. The first-order chi connectivity index (χ1) is 10.7.